The van der Waals surface area contributed by atoms with E-state index in [-0.39, 0.29) is 11.3 Å². The summed E-state index contributed by atoms with van der Waals surface area (Å²) in [5.41, 5.74) is 5.32. The molecular weight excluding hydrogens is 648 g/mol. The molecule has 0 unspecified atom stereocenters. The number of anilines is 2. The third kappa shape index (κ3) is 6.75. The van der Waals surface area contributed by atoms with Crippen LogP contribution in [0.15, 0.2) is 89.5 Å². The molecule has 0 saturated heterocycles. The zero-order chi connectivity index (χ0) is 35.5. The molecule has 1 aliphatic rings. The SMILES string of the molecule is COc1cc(NC(=O)c2cnc3ccccc3c2)c(C(=O)Nc2ccc(CCN3CCc4c(oc5c(OC)c(OC)ccc45)C3)cc2)cc1OC. The van der Waals surface area contributed by atoms with Gasteiger partial charge in [0.25, 0.3) is 11.8 Å². The normalized spacial score (nSPS) is 12.7. The summed E-state index contributed by atoms with van der Waals surface area (Å²) in [6.07, 6.45) is 3.23. The second-order valence-electron chi connectivity index (χ2n) is 12.2. The van der Waals surface area contributed by atoms with Gasteiger partial charge in [0.15, 0.2) is 22.8 Å². The fourth-order valence-electron chi connectivity index (χ4n) is 6.52. The highest BCUT2D eigenvalue weighted by molar-refractivity contribution is 6.13. The van der Waals surface area contributed by atoms with Crippen molar-refractivity contribution in [3.8, 4) is 23.0 Å². The quantitative estimate of drug-likeness (QED) is 0.147. The molecule has 0 radical (unpaired) electrons. The summed E-state index contributed by atoms with van der Waals surface area (Å²) in [6, 6.07) is 24.2. The number of ether oxygens (including phenoxy) is 4. The van der Waals surface area contributed by atoms with E-state index in [1.807, 2.05) is 60.7 Å². The summed E-state index contributed by atoms with van der Waals surface area (Å²) >= 11 is 0. The molecule has 0 spiro atoms. The lowest BCUT2D eigenvalue weighted by Gasteiger charge is -2.25. The van der Waals surface area contributed by atoms with Crippen LogP contribution in [0, 0.1) is 0 Å². The second-order valence-corrected chi connectivity index (χ2v) is 12.2. The van der Waals surface area contributed by atoms with Gasteiger partial charge in [-0.1, -0.05) is 30.3 Å². The Morgan fingerprint density at radius 2 is 1.59 bits per heavy atom. The molecule has 0 atom stereocenters. The van der Waals surface area contributed by atoms with E-state index in [4.69, 9.17) is 23.4 Å². The van der Waals surface area contributed by atoms with E-state index in [1.165, 1.54) is 26.0 Å². The van der Waals surface area contributed by atoms with Crippen molar-refractivity contribution in [1.29, 1.82) is 0 Å². The Hall–Kier alpha value is -6.07. The molecule has 0 bridgehead atoms. The van der Waals surface area contributed by atoms with Gasteiger partial charge in [0.05, 0.1) is 57.3 Å². The number of hydrogen-bond acceptors (Lipinski definition) is 9. The Balaban J connectivity index is 1.02. The first kappa shape index (κ1) is 33.4. The van der Waals surface area contributed by atoms with Crippen LogP contribution in [0.2, 0.25) is 0 Å². The largest absolute Gasteiger partial charge is 0.493 e. The van der Waals surface area contributed by atoms with Crippen molar-refractivity contribution in [3.05, 3.63) is 113 Å². The molecule has 1 aliphatic heterocycles. The summed E-state index contributed by atoms with van der Waals surface area (Å²) in [5.74, 6) is 2.13. The van der Waals surface area contributed by atoms with Gasteiger partial charge >= 0.3 is 0 Å². The summed E-state index contributed by atoms with van der Waals surface area (Å²) < 4.78 is 28.3. The monoisotopic (exact) mass is 686 g/mol. The van der Waals surface area contributed by atoms with Gasteiger partial charge in [0, 0.05) is 47.4 Å². The number of benzene rings is 4. The second kappa shape index (κ2) is 14.4. The first-order chi connectivity index (χ1) is 24.9. The number of carbonyl (C=O) groups is 2. The maximum atomic E-state index is 13.7. The van der Waals surface area contributed by atoms with Crippen molar-refractivity contribution in [3.63, 3.8) is 0 Å². The molecule has 260 valence electrons. The van der Waals surface area contributed by atoms with Crippen LogP contribution in [0.3, 0.4) is 0 Å². The van der Waals surface area contributed by atoms with E-state index in [2.05, 4.69) is 20.5 Å². The molecule has 11 heteroatoms. The zero-order valence-corrected chi connectivity index (χ0v) is 28.9. The summed E-state index contributed by atoms with van der Waals surface area (Å²) in [6.45, 7) is 2.49. The van der Waals surface area contributed by atoms with Gasteiger partial charge in [-0.25, -0.2) is 0 Å². The topological polar surface area (TPSA) is 124 Å². The van der Waals surface area contributed by atoms with Crippen LogP contribution < -0.4 is 29.6 Å². The molecular formula is C40H38N4O7. The Kier molecular flexibility index (Phi) is 9.45. The molecule has 0 fully saturated rings. The Labute approximate surface area is 295 Å². The predicted molar refractivity (Wildman–Crippen MR) is 196 cm³/mol. The highest BCUT2D eigenvalue weighted by Crippen LogP contribution is 2.41. The summed E-state index contributed by atoms with van der Waals surface area (Å²) in [4.78, 5) is 33.8. The number of carbonyl (C=O) groups excluding carboxylic acids is 2. The fourth-order valence-corrected chi connectivity index (χ4v) is 6.52. The minimum atomic E-state index is -0.417. The smallest absolute Gasteiger partial charge is 0.257 e. The lowest BCUT2D eigenvalue weighted by molar-refractivity contribution is 0.102. The van der Waals surface area contributed by atoms with Crippen molar-refractivity contribution in [1.82, 2.24) is 9.88 Å². The van der Waals surface area contributed by atoms with Gasteiger partial charge in [0.2, 0.25) is 5.75 Å². The number of amides is 2. The van der Waals surface area contributed by atoms with Gasteiger partial charge in [0.1, 0.15) is 5.76 Å². The molecule has 2 N–H and O–H groups in total. The van der Waals surface area contributed by atoms with Gasteiger partial charge < -0.3 is 34.0 Å². The number of nitrogens with zero attached hydrogens (tertiary/aromatic N) is 2. The van der Waals surface area contributed by atoms with Crippen molar-refractivity contribution in [2.45, 2.75) is 19.4 Å². The van der Waals surface area contributed by atoms with E-state index in [1.54, 1.807) is 32.4 Å². The number of aromatic nitrogens is 1. The van der Waals surface area contributed by atoms with Crippen molar-refractivity contribution in [2.24, 2.45) is 0 Å². The molecule has 7 rings (SSSR count). The Morgan fingerprint density at radius 1 is 0.824 bits per heavy atom. The molecule has 3 heterocycles. The van der Waals surface area contributed by atoms with Crippen LogP contribution >= 0.6 is 0 Å². The molecule has 11 nitrogen and oxygen atoms in total. The highest BCUT2D eigenvalue weighted by Gasteiger charge is 2.26. The van der Waals surface area contributed by atoms with Crippen LogP contribution in [0.1, 0.15) is 37.6 Å². The summed E-state index contributed by atoms with van der Waals surface area (Å²) in [7, 11) is 6.23. The lowest BCUT2D eigenvalue weighted by atomic mass is 10.0. The van der Waals surface area contributed by atoms with E-state index >= 15 is 0 Å². The number of nitrogens with one attached hydrogen (secondary N) is 2. The predicted octanol–water partition coefficient (Wildman–Crippen LogP) is 7.12. The first-order valence-electron chi connectivity index (χ1n) is 16.6. The van der Waals surface area contributed by atoms with Gasteiger partial charge in [-0.15, -0.1) is 0 Å². The number of hydrogen-bond donors (Lipinski definition) is 2. The van der Waals surface area contributed by atoms with Gasteiger partial charge in [-0.05, 0) is 60.9 Å². The maximum Gasteiger partial charge on any atom is 0.257 e. The number of methoxy groups -OCH3 is 4. The van der Waals surface area contributed by atoms with Crippen LogP contribution in [0.4, 0.5) is 11.4 Å². The third-order valence-corrected chi connectivity index (χ3v) is 9.23. The Morgan fingerprint density at radius 3 is 2.35 bits per heavy atom. The van der Waals surface area contributed by atoms with Crippen LogP contribution in [0.5, 0.6) is 23.0 Å². The number of fused-ring (bicyclic) bond motifs is 4. The number of pyridine rings is 1. The highest BCUT2D eigenvalue weighted by atomic mass is 16.5. The molecule has 2 aromatic heterocycles. The van der Waals surface area contributed by atoms with E-state index in [0.717, 1.165) is 59.1 Å². The van der Waals surface area contributed by atoms with E-state index in [0.29, 0.717) is 40.8 Å². The van der Waals surface area contributed by atoms with Gasteiger partial charge in [-0.3, -0.25) is 19.5 Å². The lowest BCUT2D eigenvalue weighted by Crippen LogP contribution is -2.31. The molecule has 0 aliphatic carbocycles. The van der Waals surface area contributed by atoms with Crippen molar-refractivity contribution in [2.75, 3.05) is 52.2 Å². The Bertz CT molecular complexity index is 2250. The first-order valence-corrected chi connectivity index (χ1v) is 16.6. The van der Waals surface area contributed by atoms with Gasteiger partial charge in [-0.2, -0.15) is 0 Å². The fraction of sp³-hybridized carbons (Fsp3) is 0.225. The molecule has 4 aromatic carbocycles. The summed E-state index contributed by atoms with van der Waals surface area (Å²) in [5, 5.41) is 7.73. The molecule has 51 heavy (non-hydrogen) atoms. The molecule has 0 saturated carbocycles. The number of para-hydroxylation sites is 1. The van der Waals surface area contributed by atoms with Crippen LogP contribution in [-0.2, 0) is 19.4 Å². The average molecular weight is 687 g/mol. The maximum absolute atomic E-state index is 13.7. The number of furan rings is 1. The molecule has 6 aromatic rings. The molecule has 2 amide bonds. The number of rotatable bonds is 11. The average Bonchev–Trinajstić information content (AvgIpc) is 3.54. The van der Waals surface area contributed by atoms with E-state index in [9.17, 15) is 9.59 Å². The van der Waals surface area contributed by atoms with E-state index < -0.39 is 11.8 Å². The van der Waals surface area contributed by atoms with Crippen LogP contribution in [-0.4, -0.2) is 63.2 Å². The van der Waals surface area contributed by atoms with Crippen molar-refractivity contribution >= 4 is 45.1 Å². The zero-order valence-electron chi connectivity index (χ0n) is 28.9. The van der Waals surface area contributed by atoms with Crippen LogP contribution in [0.25, 0.3) is 21.9 Å². The standard InChI is InChI=1S/C40H38N4O7/c1-47-33-14-13-29-28-16-18-44(23-36(28)51-37(29)38(33)50-4)17-15-24-9-11-27(12-10-24)42-40(46)30-20-34(48-2)35(49-3)21-32(30)43-39(45)26-19-25-7-5-6-8-31(25)41-22-26/h5-14,19-22H,15-18,23H2,1-4H3,(H,42,46)(H,43,45). The van der Waals surface area contributed by atoms with Crippen molar-refractivity contribution < 1.29 is 33.0 Å². The third-order valence-electron chi connectivity index (χ3n) is 9.23. The minimum absolute atomic E-state index is 0.213. The minimum Gasteiger partial charge on any atom is -0.493 e.